The van der Waals surface area contributed by atoms with Gasteiger partial charge in [0.05, 0.1) is 0 Å². The molecule has 6 heteroatoms. The lowest BCUT2D eigenvalue weighted by atomic mass is 10.0. The molecular weight excluding hydrogens is 973 g/mol. The number of rotatable bonds is 65. The van der Waals surface area contributed by atoms with Crippen LogP contribution >= 0.6 is 0 Å². The van der Waals surface area contributed by atoms with Crippen molar-refractivity contribution in [2.75, 3.05) is 13.2 Å². The Morgan fingerprint density at radius 3 is 0.722 bits per heavy atom. The molecule has 0 saturated carbocycles. The molecule has 1 unspecified atom stereocenters. The van der Waals surface area contributed by atoms with Crippen LogP contribution in [0.4, 0.5) is 0 Å². The van der Waals surface area contributed by atoms with E-state index in [1.807, 2.05) is 0 Å². The summed E-state index contributed by atoms with van der Waals surface area (Å²) in [6.07, 6.45) is 85.6. The molecular formula is C73H134O6. The zero-order valence-corrected chi connectivity index (χ0v) is 53.2. The molecule has 0 aromatic carbocycles. The Labute approximate surface area is 492 Å². The Hall–Kier alpha value is -2.63. The van der Waals surface area contributed by atoms with Gasteiger partial charge in [0.2, 0.25) is 0 Å². The van der Waals surface area contributed by atoms with E-state index in [0.717, 1.165) is 83.5 Å². The van der Waals surface area contributed by atoms with Crippen LogP contribution in [0.2, 0.25) is 0 Å². The maximum atomic E-state index is 13.0. The molecule has 0 radical (unpaired) electrons. The van der Waals surface area contributed by atoms with Crippen molar-refractivity contribution in [1.29, 1.82) is 0 Å². The first kappa shape index (κ1) is 76.4. The fourth-order valence-corrected chi connectivity index (χ4v) is 10.5. The first-order valence-electron chi connectivity index (χ1n) is 35.1. The van der Waals surface area contributed by atoms with Gasteiger partial charge < -0.3 is 14.2 Å². The highest BCUT2D eigenvalue weighted by Gasteiger charge is 2.19. The average molecular weight is 1110 g/mol. The number of unbranched alkanes of at least 4 members (excludes halogenated alkanes) is 46. The summed E-state index contributed by atoms with van der Waals surface area (Å²) in [5, 5.41) is 0. The number of carbonyl (C=O) groups excluding carboxylic acids is 3. The molecule has 1 atom stereocenters. The molecule has 0 spiro atoms. The van der Waals surface area contributed by atoms with Crippen molar-refractivity contribution >= 4 is 17.9 Å². The molecule has 462 valence electrons. The molecule has 0 bridgehead atoms. The molecule has 0 amide bonds. The van der Waals surface area contributed by atoms with Crippen LogP contribution in [-0.4, -0.2) is 37.2 Å². The van der Waals surface area contributed by atoms with E-state index >= 15 is 0 Å². The van der Waals surface area contributed by atoms with Crippen molar-refractivity contribution in [2.45, 2.75) is 386 Å². The third-order valence-corrected chi connectivity index (χ3v) is 15.8. The Bertz CT molecular complexity index is 1360. The molecule has 0 rings (SSSR count). The molecule has 0 aromatic heterocycles. The minimum atomic E-state index is -0.779. The number of allylic oxidation sites excluding steroid dienone is 8. The smallest absolute Gasteiger partial charge is 0.306 e. The van der Waals surface area contributed by atoms with Gasteiger partial charge in [0, 0.05) is 19.3 Å². The van der Waals surface area contributed by atoms with Crippen molar-refractivity contribution in [2.24, 2.45) is 0 Å². The molecule has 0 aliphatic rings. The van der Waals surface area contributed by atoms with Crippen LogP contribution in [-0.2, 0) is 28.6 Å². The Morgan fingerprint density at radius 1 is 0.253 bits per heavy atom. The quantitative estimate of drug-likeness (QED) is 0.0261. The predicted molar refractivity (Wildman–Crippen MR) is 344 cm³/mol. The predicted octanol–water partition coefficient (Wildman–Crippen LogP) is 24.1. The van der Waals surface area contributed by atoms with Crippen molar-refractivity contribution in [3.05, 3.63) is 48.6 Å². The van der Waals surface area contributed by atoms with Crippen molar-refractivity contribution in [1.82, 2.24) is 0 Å². The van der Waals surface area contributed by atoms with Crippen LogP contribution in [0.1, 0.15) is 380 Å². The number of ether oxygens (including phenoxy) is 3. The second-order valence-electron chi connectivity index (χ2n) is 23.8. The monoisotopic (exact) mass is 1110 g/mol. The van der Waals surface area contributed by atoms with Gasteiger partial charge >= 0.3 is 17.9 Å². The number of esters is 3. The highest BCUT2D eigenvalue weighted by atomic mass is 16.6. The van der Waals surface area contributed by atoms with E-state index in [2.05, 4.69) is 69.4 Å². The second-order valence-corrected chi connectivity index (χ2v) is 23.8. The first-order valence-corrected chi connectivity index (χ1v) is 35.1. The van der Waals surface area contributed by atoms with Crippen molar-refractivity contribution in [3.63, 3.8) is 0 Å². The normalized spacial score (nSPS) is 12.3. The minimum Gasteiger partial charge on any atom is -0.462 e. The summed E-state index contributed by atoms with van der Waals surface area (Å²) in [6, 6.07) is 0. The van der Waals surface area contributed by atoms with E-state index in [-0.39, 0.29) is 31.1 Å². The zero-order chi connectivity index (χ0) is 57.1. The van der Waals surface area contributed by atoms with Crippen molar-refractivity contribution < 1.29 is 28.6 Å². The lowest BCUT2D eigenvalue weighted by Gasteiger charge is -2.18. The summed E-state index contributed by atoms with van der Waals surface area (Å²) in [5.41, 5.74) is 0. The largest absolute Gasteiger partial charge is 0.462 e. The summed E-state index contributed by atoms with van der Waals surface area (Å²) in [5.74, 6) is -0.864. The molecule has 0 N–H and O–H groups in total. The first-order chi connectivity index (χ1) is 39.0. The fraction of sp³-hybridized carbons (Fsp3) is 0.849. The van der Waals surface area contributed by atoms with Gasteiger partial charge in [-0.15, -0.1) is 0 Å². The molecule has 0 saturated heterocycles. The summed E-state index contributed by atoms with van der Waals surface area (Å²) in [7, 11) is 0. The van der Waals surface area contributed by atoms with Crippen LogP contribution in [0, 0.1) is 0 Å². The Morgan fingerprint density at radius 2 is 0.456 bits per heavy atom. The van der Waals surface area contributed by atoms with Crippen LogP contribution in [0.5, 0.6) is 0 Å². The number of hydrogen-bond donors (Lipinski definition) is 0. The highest BCUT2D eigenvalue weighted by Crippen LogP contribution is 2.18. The second kappa shape index (κ2) is 67.9. The summed E-state index contributed by atoms with van der Waals surface area (Å²) >= 11 is 0. The van der Waals surface area contributed by atoms with E-state index < -0.39 is 6.10 Å². The summed E-state index contributed by atoms with van der Waals surface area (Å²) in [6.45, 7) is 6.66. The average Bonchev–Trinajstić information content (AvgIpc) is 3.45. The highest BCUT2D eigenvalue weighted by molar-refractivity contribution is 5.71. The van der Waals surface area contributed by atoms with Gasteiger partial charge in [-0.1, -0.05) is 326 Å². The molecule has 0 aliphatic heterocycles. The SMILES string of the molecule is CCCCC/C=C\C/C=C\CCCCCCCC(=O)OCC(COC(=O)CCCCCCCCCCCCC/C=C\C/C=C\CCCCCCC)OC(=O)CCCCCCCCCCCCCCCCCCCCCCCCC. The summed E-state index contributed by atoms with van der Waals surface area (Å²) in [4.78, 5) is 38.4. The molecule has 6 nitrogen and oxygen atoms in total. The molecule has 0 aromatic rings. The zero-order valence-electron chi connectivity index (χ0n) is 53.2. The van der Waals surface area contributed by atoms with Crippen LogP contribution in [0.3, 0.4) is 0 Å². The standard InChI is InChI=1S/C73H134O6/c1-4-7-10-13-16-19-22-25-28-30-32-34-36-38-40-42-45-48-51-54-57-60-63-66-72(75)78-69-70(68-77-71(74)65-62-59-56-53-50-47-44-27-24-21-18-15-12-9-6-3)79-73(76)67-64-61-58-55-52-49-46-43-41-39-37-35-33-31-29-26-23-20-17-14-11-8-5-2/h18,21-22,25,27,30,32,44,70H,4-17,19-20,23-24,26,28-29,31,33-43,45-69H2,1-3H3/b21-18-,25-22-,32-30-,44-27-. The van der Waals surface area contributed by atoms with Gasteiger partial charge in [-0.3, -0.25) is 14.4 Å². The maximum absolute atomic E-state index is 13.0. The lowest BCUT2D eigenvalue weighted by molar-refractivity contribution is -0.167. The molecule has 0 aliphatic carbocycles. The van der Waals surface area contributed by atoms with Gasteiger partial charge in [0.25, 0.3) is 0 Å². The minimum absolute atomic E-state index is 0.0748. The van der Waals surface area contributed by atoms with Gasteiger partial charge in [-0.05, 0) is 83.5 Å². The van der Waals surface area contributed by atoms with Gasteiger partial charge in [-0.25, -0.2) is 0 Å². The van der Waals surface area contributed by atoms with E-state index in [4.69, 9.17) is 14.2 Å². The summed E-state index contributed by atoms with van der Waals surface area (Å²) < 4.78 is 17.0. The maximum Gasteiger partial charge on any atom is 0.306 e. The number of carbonyl (C=O) groups is 3. The third-order valence-electron chi connectivity index (χ3n) is 15.8. The van der Waals surface area contributed by atoms with Crippen LogP contribution in [0.15, 0.2) is 48.6 Å². The van der Waals surface area contributed by atoms with E-state index in [0.29, 0.717) is 19.3 Å². The molecule has 79 heavy (non-hydrogen) atoms. The van der Waals surface area contributed by atoms with Gasteiger partial charge in [0.1, 0.15) is 13.2 Å². The Balaban J connectivity index is 4.30. The van der Waals surface area contributed by atoms with E-state index in [9.17, 15) is 14.4 Å². The van der Waals surface area contributed by atoms with Crippen molar-refractivity contribution in [3.8, 4) is 0 Å². The topological polar surface area (TPSA) is 78.9 Å². The Kier molecular flexibility index (Phi) is 65.6. The molecule has 0 heterocycles. The fourth-order valence-electron chi connectivity index (χ4n) is 10.5. The molecule has 0 fully saturated rings. The third kappa shape index (κ3) is 66.1. The van der Waals surface area contributed by atoms with Gasteiger partial charge in [0.15, 0.2) is 6.10 Å². The van der Waals surface area contributed by atoms with Gasteiger partial charge in [-0.2, -0.15) is 0 Å². The lowest BCUT2D eigenvalue weighted by Crippen LogP contribution is -2.30. The van der Waals surface area contributed by atoms with E-state index in [1.165, 1.54) is 257 Å². The van der Waals surface area contributed by atoms with Crippen LogP contribution < -0.4 is 0 Å². The van der Waals surface area contributed by atoms with E-state index in [1.54, 1.807) is 0 Å². The number of hydrogen-bond acceptors (Lipinski definition) is 6. The van der Waals surface area contributed by atoms with Crippen LogP contribution in [0.25, 0.3) is 0 Å².